The third kappa shape index (κ3) is 6.24. The van der Waals surface area contributed by atoms with Gasteiger partial charge in [-0.2, -0.15) is 0 Å². The summed E-state index contributed by atoms with van der Waals surface area (Å²) in [6.07, 6.45) is 0. The van der Waals surface area contributed by atoms with Crippen LogP contribution in [-0.2, 0) is 0 Å². The summed E-state index contributed by atoms with van der Waals surface area (Å²) in [6.45, 7) is 10.2. The molecule has 0 spiro atoms. The number of rotatable bonds is 6. The molecule has 1 aliphatic heterocycles. The van der Waals surface area contributed by atoms with Gasteiger partial charge in [-0.3, -0.25) is 9.89 Å². The number of hydrogen-bond donors (Lipinski definition) is 2. The Morgan fingerprint density at radius 1 is 1.07 bits per heavy atom. The van der Waals surface area contributed by atoms with Crippen molar-refractivity contribution in [2.75, 3.05) is 56.6 Å². The number of ether oxygens (including phenoxy) is 1. The molecule has 0 aromatic heterocycles. The molecule has 7 heteroatoms. The number of aliphatic imine (C=N–C) groups is 1. The van der Waals surface area contributed by atoms with Gasteiger partial charge in [0.15, 0.2) is 5.96 Å². The van der Waals surface area contributed by atoms with E-state index in [0.717, 1.165) is 44.2 Å². The van der Waals surface area contributed by atoms with Gasteiger partial charge in [0.05, 0.1) is 19.3 Å². The number of piperazine rings is 1. The number of guanidine groups is 1. The number of para-hydroxylation sites is 2. The Hall–Kier alpha value is -2.00. The molecule has 2 aromatic carbocycles. The van der Waals surface area contributed by atoms with Crippen molar-refractivity contribution in [2.45, 2.75) is 13.8 Å². The lowest BCUT2D eigenvalue weighted by Crippen LogP contribution is -2.47. The van der Waals surface area contributed by atoms with Crippen molar-refractivity contribution in [3.63, 3.8) is 0 Å². The number of nitrogens with one attached hydrogen (secondary N) is 1. The molecule has 3 rings (SSSR count). The number of methoxy groups -OCH3 is 1. The van der Waals surface area contributed by atoms with Gasteiger partial charge in [0, 0.05) is 38.4 Å². The average Bonchev–Trinajstić information content (AvgIpc) is 2.71. The zero-order chi connectivity index (χ0) is 19.9. The molecular formula is C22H32IN5O. The molecule has 2 aromatic rings. The predicted octanol–water partition coefficient (Wildman–Crippen LogP) is 3.48. The number of benzene rings is 2. The molecule has 1 aliphatic rings. The summed E-state index contributed by atoms with van der Waals surface area (Å²) in [4.78, 5) is 9.40. The SMILES string of the molecule is COc1ccccc1NC(N)=NCCN1CCN(c2cccc(C)c2C)CC1.I. The summed E-state index contributed by atoms with van der Waals surface area (Å²) in [5, 5.41) is 3.12. The first kappa shape index (κ1) is 23.3. The lowest BCUT2D eigenvalue weighted by atomic mass is 10.1. The van der Waals surface area contributed by atoms with Crippen LogP contribution in [-0.4, -0.2) is 57.2 Å². The molecule has 0 unspecified atom stereocenters. The monoisotopic (exact) mass is 509 g/mol. The summed E-state index contributed by atoms with van der Waals surface area (Å²) < 4.78 is 5.32. The van der Waals surface area contributed by atoms with Gasteiger partial charge >= 0.3 is 0 Å². The minimum Gasteiger partial charge on any atom is -0.495 e. The van der Waals surface area contributed by atoms with E-state index in [0.29, 0.717) is 12.5 Å². The Morgan fingerprint density at radius 2 is 1.79 bits per heavy atom. The van der Waals surface area contributed by atoms with E-state index in [2.05, 4.69) is 52.2 Å². The fourth-order valence-electron chi connectivity index (χ4n) is 3.53. The quantitative estimate of drug-likeness (QED) is 0.355. The normalized spacial score (nSPS) is 15.0. The van der Waals surface area contributed by atoms with Crippen LogP contribution in [0, 0.1) is 13.8 Å². The predicted molar refractivity (Wildman–Crippen MR) is 133 cm³/mol. The first-order valence-corrected chi connectivity index (χ1v) is 9.82. The molecule has 1 saturated heterocycles. The summed E-state index contributed by atoms with van der Waals surface area (Å²) in [6, 6.07) is 14.2. The first-order chi connectivity index (χ1) is 13.6. The zero-order valence-corrected chi connectivity index (χ0v) is 19.8. The van der Waals surface area contributed by atoms with Crippen molar-refractivity contribution in [2.24, 2.45) is 10.7 Å². The molecule has 3 N–H and O–H groups in total. The second-order valence-electron chi connectivity index (χ2n) is 7.14. The van der Waals surface area contributed by atoms with Gasteiger partial charge in [0.25, 0.3) is 0 Å². The Kier molecular flexibility index (Phi) is 9.03. The van der Waals surface area contributed by atoms with Crippen LogP contribution >= 0.6 is 24.0 Å². The van der Waals surface area contributed by atoms with Crippen LogP contribution in [0.1, 0.15) is 11.1 Å². The van der Waals surface area contributed by atoms with E-state index in [1.54, 1.807) is 7.11 Å². The van der Waals surface area contributed by atoms with Crippen molar-refractivity contribution < 1.29 is 4.74 Å². The third-order valence-corrected chi connectivity index (χ3v) is 5.36. The van der Waals surface area contributed by atoms with Gasteiger partial charge in [0.2, 0.25) is 0 Å². The molecule has 0 radical (unpaired) electrons. The molecule has 0 amide bonds. The lowest BCUT2D eigenvalue weighted by molar-refractivity contribution is 0.265. The van der Waals surface area contributed by atoms with Crippen molar-refractivity contribution in [3.05, 3.63) is 53.6 Å². The molecule has 29 heavy (non-hydrogen) atoms. The Morgan fingerprint density at radius 3 is 2.52 bits per heavy atom. The van der Waals surface area contributed by atoms with Gasteiger partial charge < -0.3 is 20.7 Å². The van der Waals surface area contributed by atoms with Gasteiger partial charge in [-0.05, 0) is 43.2 Å². The van der Waals surface area contributed by atoms with E-state index >= 15 is 0 Å². The van der Waals surface area contributed by atoms with Crippen molar-refractivity contribution in [1.82, 2.24) is 4.90 Å². The minimum atomic E-state index is 0. The van der Waals surface area contributed by atoms with Crippen molar-refractivity contribution in [1.29, 1.82) is 0 Å². The van der Waals surface area contributed by atoms with Crippen LogP contribution in [0.5, 0.6) is 5.75 Å². The molecule has 1 fully saturated rings. The van der Waals surface area contributed by atoms with Crippen LogP contribution in [0.4, 0.5) is 11.4 Å². The molecular weight excluding hydrogens is 477 g/mol. The Balaban J connectivity index is 0.00000300. The molecule has 158 valence electrons. The van der Waals surface area contributed by atoms with Crippen molar-refractivity contribution in [3.8, 4) is 5.75 Å². The second-order valence-corrected chi connectivity index (χ2v) is 7.14. The maximum atomic E-state index is 6.03. The Labute approximate surface area is 191 Å². The summed E-state index contributed by atoms with van der Waals surface area (Å²) in [7, 11) is 1.64. The molecule has 0 bridgehead atoms. The van der Waals surface area contributed by atoms with Crippen molar-refractivity contribution >= 4 is 41.3 Å². The highest BCUT2D eigenvalue weighted by atomic mass is 127. The maximum Gasteiger partial charge on any atom is 0.193 e. The van der Waals surface area contributed by atoms with Crippen LogP contribution in [0.15, 0.2) is 47.5 Å². The number of halogens is 1. The second kappa shape index (κ2) is 11.3. The first-order valence-electron chi connectivity index (χ1n) is 9.82. The van der Waals surface area contributed by atoms with E-state index in [4.69, 9.17) is 10.5 Å². The van der Waals surface area contributed by atoms with Crippen LogP contribution in [0.25, 0.3) is 0 Å². The molecule has 1 heterocycles. The summed E-state index contributed by atoms with van der Waals surface area (Å²) >= 11 is 0. The van der Waals surface area contributed by atoms with Crippen LogP contribution in [0.3, 0.4) is 0 Å². The smallest absolute Gasteiger partial charge is 0.193 e. The lowest BCUT2D eigenvalue weighted by Gasteiger charge is -2.36. The molecule has 6 nitrogen and oxygen atoms in total. The molecule has 0 aliphatic carbocycles. The van der Waals surface area contributed by atoms with Gasteiger partial charge in [-0.25, -0.2) is 0 Å². The maximum absolute atomic E-state index is 6.03. The van der Waals surface area contributed by atoms with E-state index < -0.39 is 0 Å². The minimum absolute atomic E-state index is 0. The highest BCUT2D eigenvalue weighted by Gasteiger charge is 2.18. The van der Waals surface area contributed by atoms with Gasteiger partial charge in [-0.15, -0.1) is 24.0 Å². The number of hydrogen-bond acceptors (Lipinski definition) is 4. The number of nitrogens with two attached hydrogens (primary N) is 1. The van der Waals surface area contributed by atoms with E-state index in [-0.39, 0.29) is 24.0 Å². The molecule has 0 atom stereocenters. The average molecular weight is 509 g/mol. The largest absolute Gasteiger partial charge is 0.495 e. The fourth-order valence-corrected chi connectivity index (χ4v) is 3.53. The molecule has 0 saturated carbocycles. The summed E-state index contributed by atoms with van der Waals surface area (Å²) in [5.41, 5.74) is 11.0. The number of aryl methyl sites for hydroxylation is 1. The third-order valence-electron chi connectivity index (χ3n) is 5.36. The standard InChI is InChI=1S/C22H31N5O.HI/c1-17-7-6-9-20(18(17)2)27-15-13-26(14-16-27)12-11-24-22(23)25-19-8-4-5-10-21(19)28-3;/h4-10H,11-16H2,1-3H3,(H3,23,24,25);1H. The Bertz CT molecular complexity index is 819. The topological polar surface area (TPSA) is 66.1 Å². The number of anilines is 2. The van der Waals surface area contributed by atoms with E-state index in [9.17, 15) is 0 Å². The fraction of sp³-hybridized carbons (Fsp3) is 0.409. The van der Waals surface area contributed by atoms with E-state index in [1.165, 1.54) is 16.8 Å². The highest BCUT2D eigenvalue weighted by Crippen LogP contribution is 2.24. The number of nitrogens with zero attached hydrogens (tertiary/aromatic N) is 3. The van der Waals surface area contributed by atoms with Crippen LogP contribution in [0.2, 0.25) is 0 Å². The van der Waals surface area contributed by atoms with Gasteiger partial charge in [0.1, 0.15) is 5.75 Å². The highest BCUT2D eigenvalue weighted by molar-refractivity contribution is 14.0. The summed E-state index contributed by atoms with van der Waals surface area (Å²) in [5.74, 6) is 1.17. The zero-order valence-electron chi connectivity index (χ0n) is 17.5. The van der Waals surface area contributed by atoms with Crippen LogP contribution < -0.4 is 20.7 Å². The van der Waals surface area contributed by atoms with E-state index in [1.807, 2.05) is 24.3 Å². The van der Waals surface area contributed by atoms with Gasteiger partial charge in [-0.1, -0.05) is 24.3 Å².